The van der Waals surface area contributed by atoms with Gasteiger partial charge in [-0.15, -0.1) is 0 Å². The molecule has 2 aliphatic rings. The Morgan fingerprint density at radius 2 is 2.00 bits per heavy atom. The molecular formula is C12H22O. The molecule has 0 radical (unpaired) electrons. The van der Waals surface area contributed by atoms with Gasteiger partial charge in [0.25, 0.3) is 0 Å². The van der Waals surface area contributed by atoms with Gasteiger partial charge in [-0.3, -0.25) is 0 Å². The molecular weight excluding hydrogens is 160 g/mol. The van der Waals surface area contributed by atoms with Crippen LogP contribution in [0.15, 0.2) is 0 Å². The molecule has 0 aromatic rings. The van der Waals surface area contributed by atoms with Gasteiger partial charge in [0.1, 0.15) is 0 Å². The van der Waals surface area contributed by atoms with Crippen molar-refractivity contribution in [2.24, 2.45) is 17.3 Å². The van der Waals surface area contributed by atoms with Crippen LogP contribution in [-0.4, -0.2) is 11.2 Å². The predicted molar refractivity (Wildman–Crippen MR) is 54.5 cm³/mol. The fourth-order valence-corrected chi connectivity index (χ4v) is 3.64. The Morgan fingerprint density at radius 1 is 1.23 bits per heavy atom. The normalized spacial score (nSPS) is 51.5. The van der Waals surface area contributed by atoms with Crippen LogP contribution >= 0.6 is 0 Å². The summed E-state index contributed by atoms with van der Waals surface area (Å²) in [5.41, 5.74) is 0.566. The van der Waals surface area contributed by atoms with E-state index in [2.05, 4.69) is 13.8 Å². The summed E-state index contributed by atoms with van der Waals surface area (Å²) in [6.45, 7) is 4.82. The Morgan fingerprint density at radius 3 is 2.77 bits per heavy atom. The second kappa shape index (κ2) is 3.27. The van der Waals surface area contributed by atoms with Gasteiger partial charge in [0.2, 0.25) is 0 Å². The van der Waals surface area contributed by atoms with Gasteiger partial charge in [-0.2, -0.15) is 0 Å². The predicted octanol–water partition coefficient (Wildman–Crippen LogP) is 2.97. The average Bonchev–Trinajstić information content (AvgIpc) is 2.08. The van der Waals surface area contributed by atoms with Crippen LogP contribution in [0.3, 0.4) is 0 Å². The molecule has 0 saturated heterocycles. The van der Waals surface area contributed by atoms with Gasteiger partial charge in [0.05, 0.1) is 6.10 Å². The van der Waals surface area contributed by atoms with Crippen molar-refractivity contribution in [2.75, 3.05) is 0 Å². The third-order valence-corrected chi connectivity index (χ3v) is 4.56. The van der Waals surface area contributed by atoms with Crippen molar-refractivity contribution in [1.29, 1.82) is 0 Å². The standard InChI is InChI=1S/C12H22O/c1-9-4-3-6-12(2)7-5-10(13)8-11(9)12/h9-11,13H,3-8H2,1-2H3/t9?,10-,11+,12+/m0/s1. The third kappa shape index (κ3) is 1.63. The summed E-state index contributed by atoms with van der Waals surface area (Å²) < 4.78 is 0. The van der Waals surface area contributed by atoms with Crippen molar-refractivity contribution in [3.05, 3.63) is 0 Å². The number of aliphatic hydroxyl groups excluding tert-OH is 1. The zero-order valence-corrected chi connectivity index (χ0v) is 8.92. The molecule has 0 spiro atoms. The van der Waals surface area contributed by atoms with Crippen molar-refractivity contribution >= 4 is 0 Å². The molecule has 4 atom stereocenters. The van der Waals surface area contributed by atoms with E-state index in [4.69, 9.17) is 0 Å². The lowest BCUT2D eigenvalue weighted by Gasteiger charge is -2.49. The molecule has 2 rings (SSSR count). The lowest BCUT2D eigenvalue weighted by molar-refractivity contribution is -0.0341. The van der Waals surface area contributed by atoms with E-state index < -0.39 is 0 Å². The topological polar surface area (TPSA) is 20.2 Å². The Labute approximate surface area is 81.5 Å². The Bertz CT molecular complexity index is 190. The molecule has 1 nitrogen and oxygen atoms in total. The van der Waals surface area contributed by atoms with Gasteiger partial charge >= 0.3 is 0 Å². The highest BCUT2D eigenvalue weighted by molar-refractivity contribution is 4.94. The average molecular weight is 182 g/mol. The first-order valence-electron chi connectivity index (χ1n) is 5.80. The van der Waals surface area contributed by atoms with E-state index in [1.54, 1.807) is 0 Å². The summed E-state index contributed by atoms with van der Waals surface area (Å²) in [6, 6.07) is 0. The van der Waals surface area contributed by atoms with Crippen molar-refractivity contribution in [2.45, 2.75) is 58.5 Å². The first kappa shape index (κ1) is 9.51. The smallest absolute Gasteiger partial charge is 0.0543 e. The highest BCUT2D eigenvalue weighted by Gasteiger charge is 2.43. The Balaban J connectivity index is 2.13. The highest BCUT2D eigenvalue weighted by atomic mass is 16.3. The van der Waals surface area contributed by atoms with Crippen molar-refractivity contribution in [3.8, 4) is 0 Å². The molecule has 1 heteroatoms. The summed E-state index contributed by atoms with van der Waals surface area (Å²) in [5.74, 6) is 1.64. The van der Waals surface area contributed by atoms with Gasteiger partial charge in [-0.25, -0.2) is 0 Å². The summed E-state index contributed by atoms with van der Waals surface area (Å²) >= 11 is 0. The van der Waals surface area contributed by atoms with E-state index in [0.717, 1.165) is 24.7 Å². The fraction of sp³-hybridized carbons (Fsp3) is 1.00. The van der Waals surface area contributed by atoms with Crippen LogP contribution in [0.4, 0.5) is 0 Å². The molecule has 0 aromatic carbocycles. The van der Waals surface area contributed by atoms with Crippen molar-refractivity contribution in [1.82, 2.24) is 0 Å². The lowest BCUT2D eigenvalue weighted by atomic mass is 9.56. The van der Waals surface area contributed by atoms with Crippen LogP contribution < -0.4 is 0 Å². The number of hydrogen-bond donors (Lipinski definition) is 1. The number of fused-ring (bicyclic) bond motifs is 1. The summed E-state index contributed by atoms with van der Waals surface area (Å²) in [6.07, 6.45) is 7.55. The van der Waals surface area contributed by atoms with E-state index in [-0.39, 0.29) is 6.10 Å². The Kier molecular flexibility index (Phi) is 2.39. The SMILES string of the molecule is CC1CCC[C@]2(C)CC[C@H](O)C[C@H]12. The second-order valence-corrected chi connectivity index (χ2v) is 5.56. The van der Waals surface area contributed by atoms with Crippen molar-refractivity contribution < 1.29 is 5.11 Å². The second-order valence-electron chi connectivity index (χ2n) is 5.56. The monoisotopic (exact) mass is 182 g/mol. The molecule has 0 aliphatic heterocycles. The minimum Gasteiger partial charge on any atom is -0.393 e. The van der Waals surface area contributed by atoms with Crippen LogP contribution in [0.2, 0.25) is 0 Å². The third-order valence-electron chi connectivity index (χ3n) is 4.56. The minimum absolute atomic E-state index is 0.00127. The number of aliphatic hydroxyl groups is 1. The van der Waals surface area contributed by atoms with Crippen molar-refractivity contribution in [3.63, 3.8) is 0 Å². The molecule has 2 fully saturated rings. The molecule has 1 unspecified atom stereocenters. The van der Waals surface area contributed by atoms with E-state index in [1.807, 2.05) is 0 Å². The molecule has 76 valence electrons. The molecule has 0 aromatic heterocycles. The van der Waals surface area contributed by atoms with E-state index in [1.165, 1.54) is 25.7 Å². The quantitative estimate of drug-likeness (QED) is 0.610. The maximum atomic E-state index is 9.68. The van der Waals surface area contributed by atoms with Gasteiger partial charge in [-0.1, -0.05) is 26.7 Å². The molecule has 0 heterocycles. The molecule has 0 bridgehead atoms. The van der Waals surface area contributed by atoms with Crippen LogP contribution in [0.1, 0.15) is 52.4 Å². The first-order valence-corrected chi connectivity index (χ1v) is 5.80. The van der Waals surface area contributed by atoms with Gasteiger partial charge in [0, 0.05) is 0 Å². The molecule has 13 heavy (non-hydrogen) atoms. The fourth-order valence-electron chi connectivity index (χ4n) is 3.64. The lowest BCUT2D eigenvalue weighted by Crippen LogP contribution is -2.42. The summed E-state index contributed by atoms with van der Waals surface area (Å²) in [5, 5.41) is 9.68. The van der Waals surface area contributed by atoms with Crippen LogP contribution in [0.25, 0.3) is 0 Å². The largest absolute Gasteiger partial charge is 0.393 e. The maximum absolute atomic E-state index is 9.68. The van der Waals surface area contributed by atoms with E-state index in [9.17, 15) is 5.11 Å². The highest BCUT2D eigenvalue weighted by Crippen LogP contribution is 2.52. The molecule has 1 N–H and O–H groups in total. The number of hydrogen-bond acceptors (Lipinski definition) is 1. The zero-order valence-electron chi connectivity index (χ0n) is 8.92. The maximum Gasteiger partial charge on any atom is 0.0543 e. The molecule has 2 aliphatic carbocycles. The Hall–Kier alpha value is -0.0400. The van der Waals surface area contributed by atoms with E-state index >= 15 is 0 Å². The van der Waals surface area contributed by atoms with E-state index in [0.29, 0.717) is 5.41 Å². The van der Waals surface area contributed by atoms with Crippen LogP contribution in [0.5, 0.6) is 0 Å². The molecule has 0 amide bonds. The number of rotatable bonds is 0. The van der Waals surface area contributed by atoms with Crippen LogP contribution in [0, 0.1) is 17.3 Å². The first-order chi connectivity index (χ1) is 6.12. The minimum atomic E-state index is -0.00127. The van der Waals surface area contributed by atoms with Gasteiger partial charge < -0.3 is 5.11 Å². The molecule has 2 saturated carbocycles. The van der Waals surface area contributed by atoms with Gasteiger partial charge in [0.15, 0.2) is 0 Å². The summed E-state index contributed by atoms with van der Waals surface area (Å²) in [7, 11) is 0. The summed E-state index contributed by atoms with van der Waals surface area (Å²) in [4.78, 5) is 0. The van der Waals surface area contributed by atoms with Crippen LogP contribution in [-0.2, 0) is 0 Å². The zero-order chi connectivity index (χ0) is 9.47. The van der Waals surface area contributed by atoms with Gasteiger partial charge in [-0.05, 0) is 42.9 Å².